The van der Waals surface area contributed by atoms with E-state index in [1.54, 1.807) is 0 Å². The van der Waals surface area contributed by atoms with Crippen LogP contribution in [-0.2, 0) is 0 Å². The first kappa shape index (κ1) is 12.9. The van der Waals surface area contributed by atoms with Crippen LogP contribution >= 0.6 is 0 Å². The number of H-pyrrole nitrogens is 1. The van der Waals surface area contributed by atoms with Gasteiger partial charge in [-0.1, -0.05) is 31.6 Å². The number of nitrogens with one attached hydrogen (secondary N) is 2. The van der Waals surface area contributed by atoms with Gasteiger partial charge in [-0.3, -0.25) is 0 Å². The fraction of sp³-hybridized carbons (Fsp3) is 0.375. The van der Waals surface area contributed by atoms with Gasteiger partial charge in [-0.2, -0.15) is 5.10 Å². The molecule has 0 spiro atoms. The van der Waals surface area contributed by atoms with E-state index < -0.39 is 0 Å². The number of nitrogens with zero attached hydrogens (tertiary/aromatic N) is 2. The van der Waals surface area contributed by atoms with Crippen LogP contribution in [0.2, 0.25) is 0 Å². The lowest BCUT2D eigenvalue weighted by molar-refractivity contribution is 0.373. The number of aromatic amines is 1. The second-order valence-electron chi connectivity index (χ2n) is 6.33. The van der Waals surface area contributed by atoms with E-state index in [0.29, 0.717) is 5.95 Å². The standard InChI is InChI=1S/C16H20N4/c1-11-8-12(10-16(2,3)9-11)19-20-15-17-13-6-4-5-7-14(13)18-15/h4-8H,9-10H2,1-3H3,(H2,17,18,20). The summed E-state index contributed by atoms with van der Waals surface area (Å²) in [7, 11) is 0. The fourth-order valence-corrected chi connectivity index (χ4v) is 2.90. The molecule has 3 rings (SSSR count). The molecule has 0 unspecified atom stereocenters. The number of hydrogen-bond donors (Lipinski definition) is 2. The Bertz CT molecular complexity index is 658. The molecule has 0 atom stereocenters. The molecule has 104 valence electrons. The van der Waals surface area contributed by atoms with E-state index in [9.17, 15) is 0 Å². The minimum atomic E-state index is 0.285. The Balaban J connectivity index is 1.81. The van der Waals surface area contributed by atoms with Crippen LogP contribution in [0.25, 0.3) is 11.0 Å². The van der Waals surface area contributed by atoms with Gasteiger partial charge >= 0.3 is 0 Å². The van der Waals surface area contributed by atoms with Crippen LogP contribution in [-0.4, -0.2) is 15.7 Å². The topological polar surface area (TPSA) is 53.1 Å². The molecule has 0 radical (unpaired) electrons. The van der Waals surface area contributed by atoms with Gasteiger partial charge in [0.25, 0.3) is 0 Å². The van der Waals surface area contributed by atoms with Gasteiger partial charge in [-0.15, -0.1) is 0 Å². The Hall–Kier alpha value is -2.10. The summed E-state index contributed by atoms with van der Waals surface area (Å²) >= 11 is 0. The largest absolute Gasteiger partial charge is 0.323 e. The first-order chi connectivity index (χ1) is 9.52. The third kappa shape index (κ3) is 2.74. The first-order valence-corrected chi connectivity index (χ1v) is 6.96. The Kier molecular flexibility index (Phi) is 3.08. The van der Waals surface area contributed by atoms with Gasteiger partial charge in [0.2, 0.25) is 5.95 Å². The van der Waals surface area contributed by atoms with Crippen LogP contribution in [0.1, 0.15) is 33.6 Å². The highest BCUT2D eigenvalue weighted by molar-refractivity contribution is 5.97. The smallest absolute Gasteiger partial charge is 0.222 e. The molecule has 1 heterocycles. The predicted octanol–water partition coefficient (Wildman–Crippen LogP) is 4.10. The van der Waals surface area contributed by atoms with E-state index in [4.69, 9.17) is 0 Å². The summed E-state index contributed by atoms with van der Waals surface area (Å²) in [5, 5.41) is 4.49. The first-order valence-electron chi connectivity index (χ1n) is 6.96. The molecule has 0 saturated heterocycles. The van der Waals surface area contributed by atoms with E-state index in [1.165, 1.54) is 5.57 Å². The highest BCUT2D eigenvalue weighted by atomic mass is 15.4. The van der Waals surface area contributed by atoms with Crippen LogP contribution in [0.3, 0.4) is 0 Å². The number of rotatable bonds is 2. The van der Waals surface area contributed by atoms with E-state index in [-0.39, 0.29) is 5.41 Å². The number of anilines is 1. The number of allylic oxidation sites excluding steroid dienone is 2. The van der Waals surface area contributed by atoms with Crippen LogP contribution < -0.4 is 5.43 Å². The van der Waals surface area contributed by atoms with Crippen molar-refractivity contribution in [3.05, 3.63) is 35.9 Å². The molecule has 1 aliphatic carbocycles. The van der Waals surface area contributed by atoms with Gasteiger partial charge in [-0.05, 0) is 43.4 Å². The van der Waals surface area contributed by atoms with Gasteiger partial charge < -0.3 is 4.98 Å². The van der Waals surface area contributed by atoms with Crippen LogP contribution in [0.15, 0.2) is 41.0 Å². The van der Waals surface area contributed by atoms with Crippen molar-refractivity contribution < 1.29 is 0 Å². The summed E-state index contributed by atoms with van der Waals surface area (Å²) in [6, 6.07) is 7.97. The highest BCUT2D eigenvalue weighted by Gasteiger charge is 2.24. The van der Waals surface area contributed by atoms with Crippen LogP contribution in [0, 0.1) is 5.41 Å². The molecular weight excluding hydrogens is 248 g/mol. The molecule has 0 amide bonds. The molecule has 2 N–H and O–H groups in total. The molecule has 1 aliphatic rings. The van der Waals surface area contributed by atoms with Gasteiger partial charge in [0.15, 0.2) is 0 Å². The van der Waals surface area contributed by atoms with E-state index in [0.717, 1.165) is 29.6 Å². The molecule has 0 bridgehead atoms. The lowest BCUT2D eigenvalue weighted by atomic mass is 9.77. The number of hydrazone groups is 1. The minimum absolute atomic E-state index is 0.285. The van der Waals surface area contributed by atoms with Gasteiger partial charge in [0.05, 0.1) is 16.7 Å². The molecule has 0 aliphatic heterocycles. The molecular formula is C16H20N4. The van der Waals surface area contributed by atoms with Crippen molar-refractivity contribution in [1.29, 1.82) is 0 Å². The average molecular weight is 268 g/mol. The van der Waals surface area contributed by atoms with E-state index in [1.807, 2.05) is 24.3 Å². The molecule has 2 aromatic rings. The number of aromatic nitrogens is 2. The maximum absolute atomic E-state index is 4.49. The van der Waals surface area contributed by atoms with E-state index in [2.05, 4.69) is 47.3 Å². The Morgan fingerprint density at radius 2 is 2.05 bits per heavy atom. The van der Waals surface area contributed by atoms with Gasteiger partial charge in [-0.25, -0.2) is 10.4 Å². The Morgan fingerprint density at radius 3 is 2.80 bits per heavy atom. The highest BCUT2D eigenvalue weighted by Crippen LogP contribution is 2.33. The monoisotopic (exact) mass is 268 g/mol. The third-order valence-electron chi connectivity index (χ3n) is 3.52. The summed E-state index contributed by atoms with van der Waals surface area (Å²) in [4.78, 5) is 7.68. The van der Waals surface area contributed by atoms with Crippen molar-refractivity contribution in [1.82, 2.24) is 9.97 Å². The maximum atomic E-state index is 4.49. The zero-order chi connectivity index (χ0) is 14.2. The minimum Gasteiger partial charge on any atom is -0.323 e. The Labute approximate surface area is 119 Å². The zero-order valence-corrected chi connectivity index (χ0v) is 12.2. The van der Waals surface area contributed by atoms with Crippen molar-refractivity contribution in [3.8, 4) is 0 Å². The lowest BCUT2D eigenvalue weighted by Gasteiger charge is -2.29. The Morgan fingerprint density at radius 1 is 1.25 bits per heavy atom. The second kappa shape index (κ2) is 4.78. The zero-order valence-electron chi connectivity index (χ0n) is 12.2. The molecule has 0 saturated carbocycles. The quantitative estimate of drug-likeness (QED) is 0.806. The predicted molar refractivity (Wildman–Crippen MR) is 83.9 cm³/mol. The SMILES string of the molecule is CC1=CC(=NNc2nc3ccccc3[nH]2)CC(C)(C)C1. The lowest BCUT2D eigenvalue weighted by Crippen LogP contribution is -2.22. The number of fused-ring (bicyclic) bond motifs is 1. The van der Waals surface area contributed by atoms with Gasteiger partial charge in [0, 0.05) is 0 Å². The van der Waals surface area contributed by atoms with Crippen molar-refractivity contribution in [2.24, 2.45) is 10.5 Å². The molecule has 4 nitrogen and oxygen atoms in total. The summed E-state index contributed by atoms with van der Waals surface area (Å²) in [5.41, 5.74) is 7.76. The van der Waals surface area contributed by atoms with Crippen molar-refractivity contribution >= 4 is 22.7 Å². The summed E-state index contributed by atoms with van der Waals surface area (Å²) < 4.78 is 0. The fourth-order valence-electron chi connectivity index (χ4n) is 2.90. The van der Waals surface area contributed by atoms with Crippen LogP contribution in [0.4, 0.5) is 5.95 Å². The number of para-hydroxylation sites is 2. The third-order valence-corrected chi connectivity index (χ3v) is 3.52. The van der Waals surface area contributed by atoms with Crippen molar-refractivity contribution in [3.63, 3.8) is 0 Å². The molecule has 1 aromatic carbocycles. The van der Waals surface area contributed by atoms with Crippen molar-refractivity contribution in [2.45, 2.75) is 33.6 Å². The molecule has 20 heavy (non-hydrogen) atoms. The summed E-state index contributed by atoms with van der Waals surface area (Å²) in [5.74, 6) is 0.688. The second-order valence-corrected chi connectivity index (χ2v) is 6.33. The van der Waals surface area contributed by atoms with Gasteiger partial charge in [0.1, 0.15) is 0 Å². The normalized spacial score (nSPS) is 20.1. The van der Waals surface area contributed by atoms with E-state index >= 15 is 0 Å². The summed E-state index contributed by atoms with van der Waals surface area (Å²) in [6.45, 7) is 6.72. The average Bonchev–Trinajstić information content (AvgIpc) is 2.76. The number of hydrogen-bond acceptors (Lipinski definition) is 3. The molecule has 0 fully saturated rings. The summed E-state index contributed by atoms with van der Waals surface area (Å²) in [6.07, 6.45) is 4.29. The number of imidazole rings is 1. The molecule has 1 aromatic heterocycles. The van der Waals surface area contributed by atoms with Crippen molar-refractivity contribution in [2.75, 3.05) is 5.43 Å². The maximum Gasteiger partial charge on any atom is 0.222 e. The molecule has 4 heteroatoms. The van der Waals surface area contributed by atoms with Crippen LogP contribution in [0.5, 0.6) is 0 Å². The number of benzene rings is 1.